The molecule has 1 unspecified atom stereocenters. The standard InChI is InChI=1S/C27H35NO5/c1-25(2,3)24-28-23(30)20-15-21(31-16-18-11-7-5-8-12-18)33-26(20,4)27(28,17-32-24)22(29)19-13-9-6-10-14-19/h5,7-8,11-13,20-21,24H,6,9-10,14-17H2,1-4H3/t20-,21?,24-,26-,27+/m0/s1. The fourth-order valence-corrected chi connectivity index (χ4v) is 6.15. The van der Waals surface area contributed by atoms with Crippen molar-refractivity contribution in [1.29, 1.82) is 0 Å². The smallest absolute Gasteiger partial charge is 0.231 e. The first kappa shape index (κ1) is 22.8. The number of carbonyl (C=O) groups excluding carboxylic acids is 2. The quantitative estimate of drug-likeness (QED) is 0.662. The Hall–Kier alpha value is -2.02. The summed E-state index contributed by atoms with van der Waals surface area (Å²) >= 11 is 0. The minimum absolute atomic E-state index is 0.00370. The molecule has 33 heavy (non-hydrogen) atoms. The van der Waals surface area contributed by atoms with Gasteiger partial charge in [0.15, 0.2) is 17.6 Å². The van der Waals surface area contributed by atoms with Gasteiger partial charge in [0.2, 0.25) is 5.91 Å². The number of fused-ring (bicyclic) bond motifs is 3. The average molecular weight is 454 g/mol. The van der Waals surface area contributed by atoms with E-state index in [4.69, 9.17) is 14.2 Å². The molecule has 0 N–H and O–H groups in total. The Morgan fingerprint density at radius 2 is 1.97 bits per heavy atom. The number of nitrogens with zero attached hydrogens (tertiary/aromatic N) is 1. The number of ether oxygens (including phenoxy) is 3. The zero-order valence-corrected chi connectivity index (χ0v) is 20.1. The van der Waals surface area contributed by atoms with Gasteiger partial charge in [-0.15, -0.1) is 0 Å². The summed E-state index contributed by atoms with van der Waals surface area (Å²) in [4.78, 5) is 29.8. The van der Waals surface area contributed by atoms with E-state index in [0.717, 1.165) is 36.8 Å². The number of hydrogen-bond acceptors (Lipinski definition) is 5. The van der Waals surface area contributed by atoms with Gasteiger partial charge in [-0.2, -0.15) is 0 Å². The summed E-state index contributed by atoms with van der Waals surface area (Å²) < 4.78 is 18.9. The predicted molar refractivity (Wildman–Crippen MR) is 123 cm³/mol. The van der Waals surface area contributed by atoms with Crippen LogP contribution in [0.3, 0.4) is 0 Å². The molecule has 5 rings (SSSR count). The van der Waals surface area contributed by atoms with Crippen molar-refractivity contribution in [2.45, 2.75) is 90.1 Å². The van der Waals surface area contributed by atoms with Crippen LogP contribution in [-0.2, 0) is 30.4 Å². The lowest BCUT2D eigenvalue weighted by molar-refractivity contribution is -0.197. The number of allylic oxidation sites excluding steroid dienone is 1. The molecule has 0 bridgehead atoms. The predicted octanol–water partition coefficient (Wildman–Crippen LogP) is 4.38. The second-order valence-electron chi connectivity index (χ2n) is 11.1. The first-order chi connectivity index (χ1) is 15.7. The van der Waals surface area contributed by atoms with E-state index in [1.807, 2.05) is 37.3 Å². The number of benzene rings is 1. The number of rotatable bonds is 5. The molecule has 0 spiro atoms. The van der Waals surface area contributed by atoms with Crippen molar-refractivity contribution in [2.75, 3.05) is 6.61 Å². The second kappa shape index (κ2) is 8.03. The Bertz CT molecular complexity index is 966. The van der Waals surface area contributed by atoms with Gasteiger partial charge in [0.1, 0.15) is 11.8 Å². The third-order valence-electron chi connectivity index (χ3n) is 7.90. The summed E-state index contributed by atoms with van der Waals surface area (Å²) in [5, 5.41) is 0. The highest BCUT2D eigenvalue weighted by molar-refractivity contribution is 6.09. The molecule has 3 heterocycles. The number of ketones is 1. The molecular formula is C27H35NO5. The van der Waals surface area contributed by atoms with Gasteiger partial charge in [0, 0.05) is 11.8 Å². The molecule has 1 amide bonds. The van der Waals surface area contributed by atoms with Crippen LogP contribution in [0.5, 0.6) is 0 Å². The van der Waals surface area contributed by atoms with Crippen molar-refractivity contribution in [2.24, 2.45) is 11.3 Å². The van der Waals surface area contributed by atoms with Crippen molar-refractivity contribution in [3.05, 3.63) is 47.5 Å². The van der Waals surface area contributed by atoms with Crippen molar-refractivity contribution in [3.63, 3.8) is 0 Å². The normalized spacial score (nSPS) is 36.0. The fourth-order valence-electron chi connectivity index (χ4n) is 6.15. The van der Waals surface area contributed by atoms with Crippen molar-refractivity contribution in [1.82, 2.24) is 4.90 Å². The molecule has 0 radical (unpaired) electrons. The summed E-state index contributed by atoms with van der Waals surface area (Å²) in [7, 11) is 0. The Morgan fingerprint density at radius 1 is 1.21 bits per heavy atom. The van der Waals surface area contributed by atoms with Crippen LogP contribution < -0.4 is 0 Å². The second-order valence-corrected chi connectivity index (χ2v) is 11.1. The topological polar surface area (TPSA) is 65.1 Å². The monoisotopic (exact) mass is 453 g/mol. The highest BCUT2D eigenvalue weighted by Crippen LogP contribution is 2.59. The van der Waals surface area contributed by atoms with Gasteiger partial charge in [0.25, 0.3) is 0 Å². The van der Waals surface area contributed by atoms with E-state index in [2.05, 4.69) is 26.8 Å². The van der Waals surface area contributed by atoms with E-state index >= 15 is 0 Å². The number of hydrogen-bond donors (Lipinski definition) is 0. The largest absolute Gasteiger partial charge is 0.355 e. The Labute approximate surface area is 196 Å². The molecule has 6 heteroatoms. The van der Waals surface area contributed by atoms with Crippen LogP contribution in [0.25, 0.3) is 0 Å². The van der Waals surface area contributed by atoms with Crippen LogP contribution >= 0.6 is 0 Å². The van der Waals surface area contributed by atoms with Gasteiger partial charge in [-0.25, -0.2) is 0 Å². The number of carbonyl (C=O) groups is 2. The molecule has 1 aromatic carbocycles. The molecule has 0 aromatic heterocycles. The van der Waals surface area contributed by atoms with E-state index in [9.17, 15) is 9.59 Å². The third kappa shape index (κ3) is 3.41. The Balaban J connectivity index is 1.49. The molecule has 178 valence electrons. The van der Waals surface area contributed by atoms with Gasteiger partial charge in [-0.1, -0.05) is 57.2 Å². The maximum absolute atomic E-state index is 14.2. The van der Waals surface area contributed by atoms with E-state index in [1.54, 1.807) is 4.90 Å². The van der Waals surface area contributed by atoms with Crippen LogP contribution in [0, 0.1) is 11.3 Å². The minimum Gasteiger partial charge on any atom is -0.355 e. The van der Waals surface area contributed by atoms with E-state index < -0.39 is 29.6 Å². The van der Waals surface area contributed by atoms with Gasteiger partial charge in [-0.3, -0.25) is 14.5 Å². The first-order valence-corrected chi connectivity index (χ1v) is 12.2. The van der Waals surface area contributed by atoms with Crippen LogP contribution in [-0.4, -0.2) is 46.9 Å². The van der Waals surface area contributed by atoms with Crippen molar-refractivity contribution >= 4 is 11.7 Å². The molecule has 0 saturated carbocycles. The van der Waals surface area contributed by atoms with Gasteiger partial charge < -0.3 is 14.2 Å². The zero-order chi connectivity index (χ0) is 23.4. The fraction of sp³-hybridized carbons (Fsp3) is 0.630. The molecule has 6 nitrogen and oxygen atoms in total. The van der Waals surface area contributed by atoms with Gasteiger partial charge in [-0.05, 0) is 43.7 Å². The van der Waals surface area contributed by atoms with E-state index in [-0.39, 0.29) is 23.7 Å². The molecule has 3 fully saturated rings. The lowest BCUT2D eigenvalue weighted by Gasteiger charge is -2.43. The highest BCUT2D eigenvalue weighted by atomic mass is 16.7. The van der Waals surface area contributed by atoms with Crippen LogP contribution in [0.15, 0.2) is 42.0 Å². The molecular weight excluding hydrogens is 418 g/mol. The van der Waals surface area contributed by atoms with Crippen molar-refractivity contribution < 1.29 is 23.8 Å². The SMILES string of the molecule is CC(C)(C)[C@@H]1OC[C@]2(C(=O)C3=CCCCC3)N1C(=O)[C@@H]1CC(OCc3ccccc3)O[C@@]12C. The summed E-state index contributed by atoms with van der Waals surface area (Å²) in [5.41, 5.74) is -0.610. The lowest BCUT2D eigenvalue weighted by Crippen LogP contribution is -2.64. The molecule has 5 atom stereocenters. The third-order valence-corrected chi connectivity index (χ3v) is 7.90. The lowest BCUT2D eigenvalue weighted by atomic mass is 9.71. The first-order valence-electron chi connectivity index (χ1n) is 12.2. The maximum Gasteiger partial charge on any atom is 0.231 e. The van der Waals surface area contributed by atoms with E-state index in [1.165, 1.54) is 0 Å². The molecule has 4 aliphatic rings. The Kier molecular flexibility index (Phi) is 5.54. The Morgan fingerprint density at radius 3 is 2.64 bits per heavy atom. The zero-order valence-electron chi connectivity index (χ0n) is 20.1. The number of Topliss-reactive ketones (excluding diaryl/α,β-unsaturated/α-hetero) is 1. The van der Waals surface area contributed by atoms with Gasteiger partial charge >= 0.3 is 0 Å². The maximum atomic E-state index is 14.2. The van der Waals surface area contributed by atoms with Crippen molar-refractivity contribution in [3.8, 4) is 0 Å². The summed E-state index contributed by atoms with van der Waals surface area (Å²) in [6.45, 7) is 8.64. The molecule has 3 aliphatic heterocycles. The molecule has 3 saturated heterocycles. The van der Waals surface area contributed by atoms with Crippen LogP contribution in [0.1, 0.15) is 65.4 Å². The minimum atomic E-state index is -1.15. The summed E-state index contributed by atoms with van der Waals surface area (Å²) in [5.74, 6) is -0.485. The average Bonchev–Trinajstić information content (AvgIpc) is 3.42. The summed E-state index contributed by atoms with van der Waals surface area (Å²) in [6, 6.07) is 9.92. The van der Waals surface area contributed by atoms with E-state index in [0.29, 0.717) is 13.0 Å². The number of amides is 1. The van der Waals surface area contributed by atoms with Gasteiger partial charge in [0.05, 0.1) is 19.1 Å². The molecule has 1 aromatic rings. The van der Waals surface area contributed by atoms with Crippen LogP contribution in [0.4, 0.5) is 0 Å². The highest BCUT2D eigenvalue weighted by Gasteiger charge is 2.78. The van der Waals surface area contributed by atoms with Crippen LogP contribution in [0.2, 0.25) is 0 Å². The molecule has 1 aliphatic carbocycles. The summed E-state index contributed by atoms with van der Waals surface area (Å²) in [6.07, 6.45) is 5.24.